The summed E-state index contributed by atoms with van der Waals surface area (Å²) in [7, 11) is -0.893. The molecule has 1 fully saturated rings. The van der Waals surface area contributed by atoms with Gasteiger partial charge in [0.2, 0.25) is 22.6 Å². The lowest BCUT2D eigenvalue weighted by Crippen LogP contribution is -2.44. The average Bonchev–Trinajstić information content (AvgIpc) is 3.56. The van der Waals surface area contributed by atoms with Crippen LogP contribution < -0.4 is 34.7 Å². The number of carbonyl (C=O) groups excluding carboxylic acids is 1. The first-order valence-electron chi connectivity index (χ1n) is 13.2. The SMILES string of the molecule is COc1cc(C2c3cc4c(cc3C(NS(=O)(=O)CCNCCCCN)C3COC(=O)C23)OCO4)cc(OC)c1O. The van der Waals surface area contributed by atoms with Crippen molar-refractivity contribution in [1.82, 2.24) is 10.0 Å². The minimum Gasteiger partial charge on any atom is -0.502 e. The number of benzene rings is 2. The molecule has 0 saturated carbocycles. The molecule has 1 saturated heterocycles. The van der Waals surface area contributed by atoms with Gasteiger partial charge >= 0.3 is 5.97 Å². The van der Waals surface area contributed by atoms with Crippen LogP contribution in [0.2, 0.25) is 0 Å². The van der Waals surface area contributed by atoms with Gasteiger partial charge in [0.1, 0.15) is 0 Å². The number of unbranched alkanes of at least 4 members (excludes halogenated alkanes) is 1. The Bertz CT molecular complexity index is 1340. The molecular weight excluding hydrogens is 542 g/mol. The van der Waals surface area contributed by atoms with Crippen molar-refractivity contribution in [2.75, 3.05) is 53.0 Å². The number of methoxy groups -OCH3 is 2. The van der Waals surface area contributed by atoms with Gasteiger partial charge in [-0.2, -0.15) is 0 Å². The maximum atomic E-state index is 13.2. The summed E-state index contributed by atoms with van der Waals surface area (Å²) >= 11 is 0. The molecule has 1 aliphatic carbocycles. The van der Waals surface area contributed by atoms with Crippen molar-refractivity contribution in [3.05, 3.63) is 41.0 Å². The molecule has 2 aromatic carbocycles. The Kier molecular flexibility index (Phi) is 8.26. The van der Waals surface area contributed by atoms with Crippen LogP contribution in [0.3, 0.4) is 0 Å². The molecule has 40 heavy (non-hydrogen) atoms. The lowest BCUT2D eigenvalue weighted by atomic mass is 9.65. The van der Waals surface area contributed by atoms with Crippen molar-refractivity contribution in [1.29, 1.82) is 0 Å². The van der Waals surface area contributed by atoms with Crippen molar-refractivity contribution in [3.8, 4) is 28.7 Å². The molecule has 5 N–H and O–H groups in total. The number of hydrogen-bond donors (Lipinski definition) is 4. The monoisotopic (exact) mass is 577 g/mol. The van der Waals surface area contributed by atoms with Crippen molar-refractivity contribution < 1.29 is 42.0 Å². The Hall–Kier alpha value is -3.26. The Labute approximate surface area is 233 Å². The number of nitrogens with two attached hydrogens (primary N) is 1. The van der Waals surface area contributed by atoms with E-state index >= 15 is 0 Å². The van der Waals surface area contributed by atoms with Crippen LogP contribution in [0, 0.1) is 11.8 Å². The standard InChI is InChI=1S/C27H35N3O9S/c1-35-21-9-15(10-22(36-2)26(21)31)23-16-11-19-20(39-14-38-19)12-17(16)25(18-13-37-27(32)24(18)23)30-40(33,34)8-7-29-6-4-3-5-28/h9-12,18,23-25,29-31H,3-8,13-14,28H2,1-2H3. The fraction of sp³-hybridized carbons (Fsp3) is 0.519. The van der Waals surface area contributed by atoms with Crippen molar-refractivity contribution in [2.45, 2.75) is 24.8 Å². The minimum atomic E-state index is -3.75. The number of esters is 1. The highest BCUT2D eigenvalue weighted by Crippen LogP contribution is 2.55. The van der Waals surface area contributed by atoms with Gasteiger partial charge in [0.15, 0.2) is 23.0 Å². The van der Waals surface area contributed by atoms with Gasteiger partial charge in [0.05, 0.1) is 38.5 Å². The maximum Gasteiger partial charge on any atom is 0.310 e. The molecular formula is C27H35N3O9S. The number of phenols is 1. The highest BCUT2D eigenvalue weighted by Gasteiger charge is 2.53. The third-order valence-electron chi connectivity index (χ3n) is 7.71. The third kappa shape index (κ3) is 5.38. The van der Waals surface area contributed by atoms with Gasteiger partial charge in [0, 0.05) is 18.4 Å². The van der Waals surface area contributed by atoms with Crippen molar-refractivity contribution in [2.24, 2.45) is 17.6 Å². The normalized spacial score (nSPS) is 22.9. The van der Waals surface area contributed by atoms with E-state index in [4.69, 9.17) is 29.4 Å². The summed E-state index contributed by atoms with van der Waals surface area (Å²) < 4.78 is 56.9. The molecule has 4 unspecified atom stereocenters. The van der Waals surface area contributed by atoms with Crippen LogP contribution in [0.4, 0.5) is 0 Å². The molecule has 0 spiro atoms. The fourth-order valence-electron chi connectivity index (χ4n) is 5.79. The van der Waals surface area contributed by atoms with Crippen LogP contribution in [-0.4, -0.2) is 72.5 Å². The Morgan fingerprint density at radius 1 is 1.00 bits per heavy atom. The smallest absolute Gasteiger partial charge is 0.310 e. The second kappa shape index (κ2) is 11.7. The molecule has 2 heterocycles. The van der Waals surface area contributed by atoms with Crippen molar-refractivity contribution in [3.63, 3.8) is 0 Å². The van der Waals surface area contributed by atoms with E-state index in [1.54, 1.807) is 24.3 Å². The second-order valence-corrected chi connectivity index (χ2v) is 11.9. The first-order chi connectivity index (χ1) is 19.3. The summed E-state index contributed by atoms with van der Waals surface area (Å²) in [5.41, 5.74) is 7.51. The molecule has 5 rings (SSSR count). The summed E-state index contributed by atoms with van der Waals surface area (Å²) in [5.74, 6) is -1.15. The lowest BCUT2D eigenvalue weighted by Gasteiger charge is -2.39. The average molecular weight is 578 g/mol. The zero-order chi connectivity index (χ0) is 28.4. The predicted octanol–water partition coefficient (Wildman–Crippen LogP) is 1.36. The van der Waals surface area contributed by atoms with Crippen LogP contribution in [0.1, 0.15) is 41.5 Å². The molecule has 0 bridgehead atoms. The summed E-state index contributed by atoms with van der Waals surface area (Å²) in [4.78, 5) is 13.2. The number of nitrogens with one attached hydrogen (secondary N) is 2. The van der Waals surface area contributed by atoms with Crippen LogP contribution >= 0.6 is 0 Å². The van der Waals surface area contributed by atoms with E-state index < -0.39 is 39.8 Å². The Morgan fingerprint density at radius 3 is 2.33 bits per heavy atom. The maximum absolute atomic E-state index is 13.2. The van der Waals surface area contributed by atoms with Gasteiger partial charge in [-0.15, -0.1) is 0 Å². The number of phenolic OH excluding ortho intramolecular Hbond substituents is 1. The minimum absolute atomic E-state index is 0.0326. The van der Waals surface area contributed by atoms with E-state index in [2.05, 4.69) is 10.0 Å². The first kappa shape index (κ1) is 28.3. The Balaban J connectivity index is 1.54. The van der Waals surface area contributed by atoms with Crippen LogP contribution in [0.5, 0.6) is 28.7 Å². The Morgan fingerprint density at radius 2 is 1.68 bits per heavy atom. The van der Waals surface area contributed by atoms with Crippen LogP contribution in [0.25, 0.3) is 0 Å². The molecule has 0 amide bonds. The van der Waals surface area contributed by atoms with E-state index in [-0.39, 0.29) is 42.9 Å². The summed E-state index contributed by atoms with van der Waals surface area (Å²) in [5, 5.41) is 13.6. The van der Waals surface area contributed by atoms with Crippen LogP contribution in [-0.2, 0) is 19.6 Å². The summed E-state index contributed by atoms with van der Waals surface area (Å²) in [6, 6.07) is 6.13. The largest absolute Gasteiger partial charge is 0.502 e. The molecule has 3 aliphatic rings. The lowest BCUT2D eigenvalue weighted by molar-refractivity contribution is -0.141. The quantitative estimate of drug-likeness (QED) is 0.212. The highest BCUT2D eigenvalue weighted by molar-refractivity contribution is 7.89. The molecule has 4 atom stereocenters. The number of cyclic esters (lactones) is 1. The van der Waals surface area contributed by atoms with Gasteiger partial charge in [-0.3, -0.25) is 4.79 Å². The van der Waals surface area contributed by atoms with Gasteiger partial charge in [-0.25, -0.2) is 13.1 Å². The third-order valence-corrected chi connectivity index (χ3v) is 9.06. The molecule has 0 aromatic heterocycles. The first-order valence-corrected chi connectivity index (χ1v) is 14.9. The number of sulfonamides is 1. The van der Waals surface area contributed by atoms with Crippen LogP contribution in [0.15, 0.2) is 24.3 Å². The fourth-order valence-corrected chi connectivity index (χ4v) is 7.00. The number of rotatable bonds is 12. The zero-order valence-electron chi connectivity index (χ0n) is 22.5. The van der Waals surface area contributed by atoms with E-state index in [1.165, 1.54) is 14.2 Å². The number of hydrogen-bond acceptors (Lipinski definition) is 11. The predicted molar refractivity (Wildman–Crippen MR) is 144 cm³/mol. The number of fused-ring (bicyclic) bond motifs is 3. The number of carbonyl (C=O) groups is 1. The van der Waals surface area contributed by atoms with E-state index in [1.807, 2.05) is 0 Å². The molecule has 13 heteroatoms. The van der Waals surface area contributed by atoms with Crippen molar-refractivity contribution >= 4 is 16.0 Å². The zero-order valence-corrected chi connectivity index (χ0v) is 23.3. The molecule has 2 aromatic rings. The van der Waals surface area contributed by atoms with Gasteiger partial charge < -0.3 is 39.8 Å². The molecule has 2 aliphatic heterocycles. The van der Waals surface area contributed by atoms with E-state index in [9.17, 15) is 18.3 Å². The second-order valence-electron chi connectivity index (χ2n) is 10.1. The molecule has 218 valence electrons. The number of aromatic hydroxyl groups is 1. The highest BCUT2D eigenvalue weighted by atomic mass is 32.2. The van der Waals surface area contributed by atoms with Gasteiger partial charge in [-0.1, -0.05) is 0 Å². The van der Waals surface area contributed by atoms with E-state index in [0.717, 1.165) is 12.8 Å². The van der Waals surface area contributed by atoms with Gasteiger partial charge in [-0.05, 0) is 66.9 Å². The number of ether oxygens (including phenoxy) is 5. The van der Waals surface area contributed by atoms with Gasteiger partial charge in [0.25, 0.3) is 0 Å². The molecule has 0 radical (unpaired) electrons. The van der Waals surface area contributed by atoms with E-state index in [0.29, 0.717) is 41.3 Å². The topological polar surface area (TPSA) is 168 Å². The molecule has 12 nitrogen and oxygen atoms in total. The summed E-state index contributed by atoms with van der Waals surface area (Å²) in [6.07, 6.45) is 1.73. The summed E-state index contributed by atoms with van der Waals surface area (Å²) in [6.45, 7) is 1.63.